The van der Waals surface area contributed by atoms with E-state index in [0.29, 0.717) is 0 Å². The summed E-state index contributed by atoms with van der Waals surface area (Å²) >= 11 is 0. The molecule has 0 saturated carbocycles. The number of hydrogen-bond acceptors (Lipinski definition) is 3. The number of fused-ring (bicyclic) bond motifs is 1. The molecule has 0 amide bonds. The number of nitrogens with two attached hydrogens (primary N) is 1. The molecule has 18 heavy (non-hydrogen) atoms. The Bertz CT molecular complexity index is 578. The van der Waals surface area contributed by atoms with Crippen LogP contribution in [0, 0.1) is 6.92 Å². The maximum absolute atomic E-state index is 5.82. The molecular formula is C15H17N3. The normalized spacial score (nSPS) is 14.7. The molecule has 1 aliphatic rings. The first-order valence-corrected chi connectivity index (χ1v) is 6.21. The quantitative estimate of drug-likeness (QED) is 0.819. The summed E-state index contributed by atoms with van der Waals surface area (Å²) in [5, 5.41) is 0. The van der Waals surface area contributed by atoms with Crippen LogP contribution in [0.15, 0.2) is 36.7 Å². The number of rotatable bonds is 2. The van der Waals surface area contributed by atoms with Crippen LogP contribution in [0.25, 0.3) is 0 Å². The summed E-state index contributed by atoms with van der Waals surface area (Å²) < 4.78 is 0. The first-order chi connectivity index (χ1) is 8.72. The van der Waals surface area contributed by atoms with Gasteiger partial charge in [-0.3, -0.25) is 9.88 Å². The van der Waals surface area contributed by atoms with Crippen molar-refractivity contribution >= 4 is 5.69 Å². The van der Waals surface area contributed by atoms with E-state index < -0.39 is 0 Å². The highest BCUT2D eigenvalue weighted by Crippen LogP contribution is 2.26. The molecule has 0 unspecified atom stereocenters. The molecule has 1 aromatic carbocycles. The fraction of sp³-hybridized carbons (Fsp3) is 0.267. The summed E-state index contributed by atoms with van der Waals surface area (Å²) in [6.07, 6.45) is 3.81. The number of aryl methyl sites for hydroxylation is 1. The van der Waals surface area contributed by atoms with E-state index in [1.54, 1.807) is 0 Å². The first kappa shape index (κ1) is 11.2. The van der Waals surface area contributed by atoms with Crippen LogP contribution in [-0.4, -0.2) is 9.88 Å². The molecule has 2 N–H and O–H groups in total. The van der Waals surface area contributed by atoms with Gasteiger partial charge in [0.05, 0.1) is 0 Å². The largest absolute Gasteiger partial charge is 0.399 e. The van der Waals surface area contributed by atoms with Gasteiger partial charge in [-0.1, -0.05) is 6.07 Å². The molecule has 1 aliphatic heterocycles. The highest BCUT2D eigenvalue weighted by molar-refractivity contribution is 5.46. The third-order valence-electron chi connectivity index (χ3n) is 3.56. The predicted molar refractivity (Wildman–Crippen MR) is 72.8 cm³/mol. The SMILES string of the molecule is Cc1ccncc1CN1Cc2ccc(N)cc2C1. The van der Waals surface area contributed by atoms with Gasteiger partial charge in [-0.15, -0.1) is 0 Å². The van der Waals surface area contributed by atoms with Crippen LogP contribution in [0.5, 0.6) is 0 Å². The van der Waals surface area contributed by atoms with Crippen LogP contribution < -0.4 is 5.73 Å². The molecule has 0 bridgehead atoms. The Kier molecular flexibility index (Phi) is 2.76. The third-order valence-corrected chi connectivity index (χ3v) is 3.56. The lowest BCUT2D eigenvalue weighted by molar-refractivity contribution is 0.274. The molecule has 0 atom stereocenters. The van der Waals surface area contributed by atoms with Crippen molar-refractivity contribution < 1.29 is 0 Å². The molecule has 0 fully saturated rings. The van der Waals surface area contributed by atoms with Gasteiger partial charge in [0.15, 0.2) is 0 Å². The van der Waals surface area contributed by atoms with E-state index in [-0.39, 0.29) is 0 Å². The summed E-state index contributed by atoms with van der Waals surface area (Å²) in [6, 6.07) is 8.28. The second kappa shape index (κ2) is 4.42. The van der Waals surface area contributed by atoms with E-state index in [2.05, 4.69) is 35.0 Å². The van der Waals surface area contributed by atoms with Crippen LogP contribution >= 0.6 is 0 Å². The molecule has 3 nitrogen and oxygen atoms in total. The molecule has 0 radical (unpaired) electrons. The van der Waals surface area contributed by atoms with Crippen LogP contribution in [-0.2, 0) is 19.6 Å². The number of pyridine rings is 1. The van der Waals surface area contributed by atoms with E-state index in [9.17, 15) is 0 Å². The first-order valence-electron chi connectivity index (χ1n) is 6.21. The maximum Gasteiger partial charge on any atom is 0.0317 e. The topological polar surface area (TPSA) is 42.2 Å². The van der Waals surface area contributed by atoms with Crippen molar-refractivity contribution in [1.29, 1.82) is 0 Å². The molecule has 92 valence electrons. The number of nitrogens with zero attached hydrogens (tertiary/aromatic N) is 2. The van der Waals surface area contributed by atoms with Crippen molar-refractivity contribution in [2.75, 3.05) is 5.73 Å². The average molecular weight is 239 g/mol. The van der Waals surface area contributed by atoms with E-state index >= 15 is 0 Å². The Morgan fingerprint density at radius 3 is 2.89 bits per heavy atom. The Morgan fingerprint density at radius 2 is 2.06 bits per heavy atom. The van der Waals surface area contributed by atoms with Gasteiger partial charge in [0.1, 0.15) is 0 Å². The van der Waals surface area contributed by atoms with Crippen LogP contribution in [0.3, 0.4) is 0 Å². The Labute approximate surface area is 107 Å². The van der Waals surface area contributed by atoms with Gasteiger partial charge in [-0.25, -0.2) is 0 Å². The van der Waals surface area contributed by atoms with Gasteiger partial charge in [0.2, 0.25) is 0 Å². The smallest absolute Gasteiger partial charge is 0.0317 e. The molecule has 3 heteroatoms. The second-order valence-corrected chi connectivity index (χ2v) is 4.98. The molecule has 0 saturated heterocycles. The molecular weight excluding hydrogens is 222 g/mol. The number of aromatic nitrogens is 1. The van der Waals surface area contributed by atoms with Crippen molar-refractivity contribution in [3.05, 3.63) is 58.9 Å². The third kappa shape index (κ3) is 2.09. The zero-order chi connectivity index (χ0) is 12.5. The lowest BCUT2D eigenvalue weighted by Gasteiger charge is -2.15. The van der Waals surface area contributed by atoms with Gasteiger partial charge >= 0.3 is 0 Å². The summed E-state index contributed by atoms with van der Waals surface area (Å²) in [6.45, 7) is 5.07. The molecule has 0 spiro atoms. The monoisotopic (exact) mass is 239 g/mol. The lowest BCUT2D eigenvalue weighted by Crippen LogP contribution is -2.16. The van der Waals surface area contributed by atoms with Gasteiger partial charge in [-0.2, -0.15) is 0 Å². The molecule has 2 aromatic rings. The van der Waals surface area contributed by atoms with E-state index in [4.69, 9.17) is 5.73 Å². The number of benzene rings is 1. The number of nitrogen functional groups attached to an aromatic ring is 1. The Hall–Kier alpha value is -1.87. The van der Waals surface area contributed by atoms with Crippen LogP contribution in [0.4, 0.5) is 5.69 Å². The molecule has 0 aliphatic carbocycles. The highest BCUT2D eigenvalue weighted by Gasteiger charge is 2.19. The fourth-order valence-electron chi connectivity index (χ4n) is 2.50. The van der Waals surface area contributed by atoms with Gasteiger partial charge < -0.3 is 5.73 Å². The average Bonchev–Trinajstić information content (AvgIpc) is 2.73. The lowest BCUT2D eigenvalue weighted by atomic mass is 10.1. The van der Waals surface area contributed by atoms with Crippen LogP contribution in [0.1, 0.15) is 22.3 Å². The minimum absolute atomic E-state index is 0.855. The van der Waals surface area contributed by atoms with Gasteiger partial charge in [0, 0.05) is 37.7 Å². The Morgan fingerprint density at radius 1 is 1.22 bits per heavy atom. The van der Waals surface area contributed by atoms with E-state index in [1.165, 1.54) is 22.3 Å². The number of anilines is 1. The zero-order valence-electron chi connectivity index (χ0n) is 10.6. The van der Waals surface area contributed by atoms with Crippen molar-refractivity contribution in [2.45, 2.75) is 26.6 Å². The highest BCUT2D eigenvalue weighted by atomic mass is 15.1. The van der Waals surface area contributed by atoms with Gasteiger partial charge in [-0.05, 0) is 47.4 Å². The minimum atomic E-state index is 0.855. The van der Waals surface area contributed by atoms with Crippen molar-refractivity contribution in [2.24, 2.45) is 0 Å². The standard InChI is InChI=1S/C15H17N3/c1-11-4-5-17-7-14(11)10-18-8-12-2-3-15(16)6-13(12)9-18/h2-7H,8-10,16H2,1H3. The maximum atomic E-state index is 5.82. The summed E-state index contributed by atoms with van der Waals surface area (Å²) in [7, 11) is 0. The summed E-state index contributed by atoms with van der Waals surface area (Å²) in [5.41, 5.74) is 12.0. The predicted octanol–water partition coefficient (Wildman–Crippen LogP) is 2.49. The minimum Gasteiger partial charge on any atom is -0.399 e. The zero-order valence-corrected chi connectivity index (χ0v) is 10.6. The van der Waals surface area contributed by atoms with E-state index in [0.717, 1.165) is 25.3 Å². The summed E-state index contributed by atoms with van der Waals surface area (Å²) in [5.74, 6) is 0. The van der Waals surface area contributed by atoms with Crippen molar-refractivity contribution in [1.82, 2.24) is 9.88 Å². The van der Waals surface area contributed by atoms with Crippen LogP contribution in [0.2, 0.25) is 0 Å². The van der Waals surface area contributed by atoms with Gasteiger partial charge in [0.25, 0.3) is 0 Å². The molecule has 1 aromatic heterocycles. The summed E-state index contributed by atoms with van der Waals surface area (Å²) in [4.78, 5) is 6.63. The van der Waals surface area contributed by atoms with Crippen molar-refractivity contribution in [3.8, 4) is 0 Å². The number of hydrogen-bond donors (Lipinski definition) is 1. The van der Waals surface area contributed by atoms with Crippen molar-refractivity contribution in [3.63, 3.8) is 0 Å². The van der Waals surface area contributed by atoms with E-state index in [1.807, 2.05) is 18.5 Å². The molecule has 2 heterocycles. The second-order valence-electron chi connectivity index (χ2n) is 4.98. The fourth-order valence-corrected chi connectivity index (χ4v) is 2.50. The molecule has 3 rings (SSSR count). The Balaban J connectivity index is 1.77.